The van der Waals surface area contributed by atoms with Gasteiger partial charge < -0.3 is 10.2 Å². The molecule has 1 amide bonds. The molecule has 1 aliphatic rings. The summed E-state index contributed by atoms with van der Waals surface area (Å²) in [6.07, 6.45) is 2.08. The largest absolute Gasteiger partial charge is 0.347 e. The van der Waals surface area contributed by atoms with Crippen LogP contribution in [0, 0.1) is 0 Å². The minimum Gasteiger partial charge on any atom is -0.347 e. The monoisotopic (exact) mass is 293 g/mol. The van der Waals surface area contributed by atoms with Gasteiger partial charge >= 0.3 is 0 Å². The van der Waals surface area contributed by atoms with E-state index in [-0.39, 0.29) is 11.9 Å². The molecule has 0 radical (unpaired) electrons. The van der Waals surface area contributed by atoms with E-state index in [9.17, 15) is 4.79 Å². The summed E-state index contributed by atoms with van der Waals surface area (Å²) in [5.41, 5.74) is 1.27. The number of benzene rings is 1. The number of piperazine rings is 1. The third-order valence-electron chi connectivity index (χ3n) is 3.62. The summed E-state index contributed by atoms with van der Waals surface area (Å²) in [5, 5.41) is 3.31. The van der Waals surface area contributed by atoms with E-state index >= 15 is 0 Å². The summed E-state index contributed by atoms with van der Waals surface area (Å²) in [4.78, 5) is 17.5. The van der Waals surface area contributed by atoms with Gasteiger partial charge in [-0.1, -0.05) is 12.1 Å². The third kappa shape index (κ3) is 3.75. The van der Waals surface area contributed by atoms with Crippen molar-refractivity contribution in [1.82, 2.24) is 15.1 Å². The molecular weight excluding hydrogens is 270 g/mol. The van der Waals surface area contributed by atoms with Gasteiger partial charge in [0, 0.05) is 45.2 Å². The maximum absolute atomic E-state index is 12.2. The zero-order valence-electron chi connectivity index (χ0n) is 12.4. The Balaban J connectivity index is 2.06. The Morgan fingerprint density at radius 1 is 1.40 bits per heavy atom. The smallest absolute Gasteiger partial charge is 0.240 e. The van der Waals surface area contributed by atoms with Crippen LogP contribution in [0.2, 0.25) is 0 Å². The Kier molecular flexibility index (Phi) is 5.46. The molecule has 1 unspecified atom stereocenters. The maximum atomic E-state index is 12.2. The Morgan fingerprint density at radius 2 is 2.10 bits per heavy atom. The zero-order valence-corrected chi connectivity index (χ0v) is 13.2. The van der Waals surface area contributed by atoms with Crippen molar-refractivity contribution in [3.63, 3.8) is 0 Å². The van der Waals surface area contributed by atoms with Crippen LogP contribution in [0.5, 0.6) is 0 Å². The van der Waals surface area contributed by atoms with E-state index in [0.717, 1.165) is 26.2 Å². The van der Waals surface area contributed by atoms with E-state index in [4.69, 9.17) is 0 Å². The van der Waals surface area contributed by atoms with Gasteiger partial charge in [-0.25, -0.2) is 0 Å². The number of rotatable bonds is 4. The molecule has 0 bridgehead atoms. The van der Waals surface area contributed by atoms with Crippen LogP contribution in [0.25, 0.3) is 0 Å². The number of hydrogen-bond donors (Lipinski definition) is 1. The molecule has 1 saturated heterocycles. The lowest BCUT2D eigenvalue weighted by Gasteiger charge is -2.36. The van der Waals surface area contributed by atoms with Crippen LogP contribution >= 0.6 is 11.8 Å². The van der Waals surface area contributed by atoms with Gasteiger partial charge in [-0.15, -0.1) is 11.8 Å². The predicted octanol–water partition coefficient (Wildman–Crippen LogP) is 1.27. The number of amides is 1. The molecule has 110 valence electrons. The molecule has 1 heterocycles. The second-order valence-electron chi connectivity index (χ2n) is 5.27. The second-order valence-corrected chi connectivity index (χ2v) is 6.15. The molecule has 1 fully saturated rings. The summed E-state index contributed by atoms with van der Waals surface area (Å²) >= 11 is 1.75. The number of nitrogens with one attached hydrogen (secondary N) is 1. The molecule has 5 heteroatoms. The molecule has 1 N–H and O–H groups in total. The molecule has 0 saturated carbocycles. The van der Waals surface area contributed by atoms with E-state index in [1.165, 1.54) is 10.5 Å². The Hall–Kier alpha value is -1.04. The number of carbonyl (C=O) groups is 1. The fraction of sp³-hybridized carbons (Fsp3) is 0.533. The fourth-order valence-corrected chi connectivity index (χ4v) is 2.85. The minimum atomic E-state index is -0.0565. The summed E-state index contributed by atoms with van der Waals surface area (Å²) in [7, 11) is 3.64. The maximum Gasteiger partial charge on any atom is 0.240 e. The Labute approximate surface area is 125 Å². The highest BCUT2D eigenvalue weighted by atomic mass is 32.2. The highest BCUT2D eigenvalue weighted by molar-refractivity contribution is 7.98. The van der Waals surface area contributed by atoms with Crippen LogP contribution in [-0.2, 0) is 11.3 Å². The van der Waals surface area contributed by atoms with Gasteiger partial charge in [0.25, 0.3) is 0 Å². The zero-order chi connectivity index (χ0) is 14.5. The summed E-state index contributed by atoms with van der Waals surface area (Å²) in [6, 6.07) is 8.55. The first kappa shape index (κ1) is 15.4. The van der Waals surface area contributed by atoms with Gasteiger partial charge in [-0.05, 0) is 24.0 Å². The van der Waals surface area contributed by atoms with E-state index < -0.39 is 0 Å². The lowest BCUT2D eigenvalue weighted by Crippen LogP contribution is -2.57. The number of likely N-dealkylation sites (N-methyl/N-ethyl adjacent to an activating group) is 1. The van der Waals surface area contributed by atoms with E-state index in [1.807, 2.05) is 14.1 Å². The number of hydrogen-bond acceptors (Lipinski definition) is 4. The quantitative estimate of drug-likeness (QED) is 0.848. The minimum absolute atomic E-state index is 0.0565. The molecule has 4 nitrogen and oxygen atoms in total. The topological polar surface area (TPSA) is 35.6 Å². The average Bonchev–Trinajstić information content (AvgIpc) is 2.48. The number of nitrogens with zero attached hydrogens (tertiary/aromatic N) is 2. The van der Waals surface area contributed by atoms with Crippen molar-refractivity contribution in [2.24, 2.45) is 0 Å². The normalized spacial score (nSPS) is 19.9. The Bertz CT molecular complexity index is 447. The van der Waals surface area contributed by atoms with Gasteiger partial charge in [0.1, 0.15) is 6.04 Å². The predicted molar refractivity (Wildman–Crippen MR) is 84.0 cm³/mol. The third-order valence-corrected chi connectivity index (χ3v) is 4.37. The van der Waals surface area contributed by atoms with Gasteiger partial charge in [-0.3, -0.25) is 9.69 Å². The van der Waals surface area contributed by atoms with Crippen LogP contribution in [0.3, 0.4) is 0 Å². The first-order valence-corrected chi connectivity index (χ1v) is 8.13. The first-order chi connectivity index (χ1) is 9.61. The van der Waals surface area contributed by atoms with Gasteiger partial charge in [0.2, 0.25) is 5.91 Å². The van der Waals surface area contributed by atoms with Crippen LogP contribution in [0.4, 0.5) is 0 Å². The standard InChI is InChI=1S/C15H23N3OS/c1-17(2)15(19)14-10-16-8-9-18(14)11-12-4-6-13(20-3)7-5-12/h4-7,14,16H,8-11H2,1-3H3. The lowest BCUT2D eigenvalue weighted by molar-refractivity contribution is -0.135. The summed E-state index contributed by atoms with van der Waals surface area (Å²) in [6.45, 7) is 3.43. The van der Waals surface area contributed by atoms with Crippen LogP contribution in [0.1, 0.15) is 5.56 Å². The van der Waals surface area contributed by atoms with Crippen LogP contribution in [-0.4, -0.2) is 61.7 Å². The van der Waals surface area contributed by atoms with Crippen molar-refractivity contribution < 1.29 is 4.79 Å². The van der Waals surface area contributed by atoms with Crippen molar-refractivity contribution in [2.75, 3.05) is 40.0 Å². The summed E-state index contributed by atoms with van der Waals surface area (Å²) < 4.78 is 0. The molecule has 0 spiro atoms. The highest BCUT2D eigenvalue weighted by Gasteiger charge is 2.29. The highest BCUT2D eigenvalue weighted by Crippen LogP contribution is 2.17. The molecule has 20 heavy (non-hydrogen) atoms. The van der Waals surface area contributed by atoms with Gasteiger partial charge in [0.15, 0.2) is 0 Å². The van der Waals surface area contributed by atoms with E-state index in [1.54, 1.807) is 16.7 Å². The summed E-state index contributed by atoms with van der Waals surface area (Å²) in [5.74, 6) is 0.179. The first-order valence-electron chi connectivity index (χ1n) is 6.90. The van der Waals surface area contributed by atoms with Crippen molar-refractivity contribution >= 4 is 17.7 Å². The molecule has 1 atom stereocenters. The van der Waals surface area contributed by atoms with E-state index in [2.05, 4.69) is 40.7 Å². The molecule has 1 aliphatic heterocycles. The van der Waals surface area contributed by atoms with Crippen molar-refractivity contribution in [2.45, 2.75) is 17.5 Å². The van der Waals surface area contributed by atoms with Crippen molar-refractivity contribution in [3.8, 4) is 0 Å². The molecule has 0 aliphatic carbocycles. The van der Waals surface area contributed by atoms with E-state index in [0.29, 0.717) is 0 Å². The Morgan fingerprint density at radius 3 is 2.70 bits per heavy atom. The molecule has 0 aromatic heterocycles. The molecule has 1 aromatic carbocycles. The van der Waals surface area contributed by atoms with Gasteiger partial charge in [0.05, 0.1) is 0 Å². The lowest BCUT2D eigenvalue weighted by atomic mass is 10.1. The SMILES string of the molecule is CSc1ccc(CN2CCNCC2C(=O)N(C)C)cc1. The molecular formula is C15H23N3OS. The number of thioether (sulfide) groups is 1. The van der Waals surface area contributed by atoms with Crippen LogP contribution in [0.15, 0.2) is 29.2 Å². The van der Waals surface area contributed by atoms with Crippen LogP contribution < -0.4 is 5.32 Å². The fourth-order valence-electron chi connectivity index (χ4n) is 2.44. The second kappa shape index (κ2) is 7.11. The molecule has 1 aromatic rings. The molecule has 2 rings (SSSR count). The van der Waals surface area contributed by atoms with Crippen molar-refractivity contribution in [1.29, 1.82) is 0 Å². The van der Waals surface area contributed by atoms with Crippen molar-refractivity contribution in [3.05, 3.63) is 29.8 Å². The number of carbonyl (C=O) groups excluding carboxylic acids is 1. The average molecular weight is 293 g/mol. The van der Waals surface area contributed by atoms with Gasteiger partial charge in [-0.2, -0.15) is 0 Å².